The van der Waals surface area contributed by atoms with Crippen molar-refractivity contribution in [3.63, 3.8) is 0 Å². The number of piperidine rings is 1. The average Bonchev–Trinajstić information content (AvgIpc) is 2.62. The van der Waals surface area contributed by atoms with Gasteiger partial charge in [-0.2, -0.15) is 0 Å². The van der Waals surface area contributed by atoms with Gasteiger partial charge in [0.25, 0.3) is 5.91 Å². The number of anilines is 1. The fourth-order valence-corrected chi connectivity index (χ4v) is 3.04. The van der Waals surface area contributed by atoms with E-state index in [0.29, 0.717) is 31.9 Å². The first-order valence-electron chi connectivity index (χ1n) is 8.24. The first-order chi connectivity index (χ1) is 11.2. The molecule has 7 heteroatoms. The van der Waals surface area contributed by atoms with Gasteiger partial charge in [0.15, 0.2) is 11.5 Å². The van der Waals surface area contributed by atoms with E-state index < -0.39 is 0 Å². The largest absolute Gasteiger partial charge is 0.355 e. The van der Waals surface area contributed by atoms with E-state index in [1.807, 2.05) is 6.07 Å². The average molecular weight is 317 g/mol. The van der Waals surface area contributed by atoms with E-state index in [9.17, 15) is 9.59 Å². The van der Waals surface area contributed by atoms with Crippen LogP contribution in [0.1, 0.15) is 30.3 Å². The molecular weight excluding hydrogens is 294 g/mol. The van der Waals surface area contributed by atoms with Gasteiger partial charge >= 0.3 is 0 Å². The maximum absolute atomic E-state index is 12.4. The van der Waals surface area contributed by atoms with Gasteiger partial charge in [-0.05, 0) is 30.9 Å². The molecule has 0 N–H and O–H groups in total. The highest BCUT2D eigenvalue weighted by Gasteiger charge is 2.23. The Hall–Kier alpha value is -2.18. The molecule has 0 unspecified atom stereocenters. The SMILES string of the molecule is CC1CCN(c2ccc(C(=O)N3CCN(C=O)CC3)nn2)CC1. The van der Waals surface area contributed by atoms with Crippen LogP contribution in [0.25, 0.3) is 0 Å². The summed E-state index contributed by atoms with van der Waals surface area (Å²) in [5, 5.41) is 8.36. The van der Waals surface area contributed by atoms with Crippen LogP contribution in [0.5, 0.6) is 0 Å². The molecule has 2 aliphatic rings. The number of carbonyl (C=O) groups excluding carboxylic acids is 2. The summed E-state index contributed by atoms with van der Waals surface area (Å²) >= 11 is 0. The predicted molar refractivity (Wildman–Crippen MR) is 86.2 cm³/mol. The van der Waals surface area contributed by atoms with Crippen LogP contribution in [-0.4, -0.2) is 71.6 Å². The Kier molecular flexibility index (Phi) is 4.73. The zero-order valence-corrected chi connectivity index (χ0v) is 13.5. The van der Waals surface area contributed by atoms with Gasteiger partial charge in [-0.25, -0.2) is 0 Å². The zero-order valence-electron chi connectivity index (χ0n) is 13.5. The van der Waals surface area contributed by atoms with Crippen LogP contribution < -0.4 is 4.90 Å². The highest BCUT2D eigenvalue weighted by Crippen LogP contribution is 2.20. The molecular formula is C16H23N5O2. The van der Waals surface area contributed by atoms with E-state index in [1.54, 1.807) is 15.9 Å². The Morgan fingerprint density at radius 3 is 2.35 bits per heavy atom. The molecule has 2 amide bonds. The molecule has 3 rings (SSSR count). The number of nitrogens with zero attached hydrogens (tertiary/aromatic N) is 5. The molecule has 2 aliphatic heterocycles. The van der Waals surface area contributed by atoms with Crippen molar-refractivity contribution in [2.45, 2.75) is 19.8 Å². The van der Waals surface area contributed by atoms with E-state index in [4.69, 9.17) is 0 Å². The Bertz CT molecular complexity index is 546. The highest BCUT2D eigenvalue weighted by molar-refractivity contribution is 5.92. The first-order valence-corrected chi connectivity index (χ1v) is 8.24. The molecule has 23 heavy (non-hydrogen) atoms. The summed E-state index contributed by atoms with van der Waals surface area (Å²) in [6, 6.07) is 3.65. The lowest BCUT2D eigenvalue weighted by Gasteiger charge is -2.32. The fourth-order valence-electron chi connectivity index (χ4n) is 3.04. The smallest absolute Gasteiger partial charge is 0.274 e. The van der Waals surface area contributed by atoms with Crippen molar-refractivity contribution in [1.29, 1.82) is 0 Å². The number of piperazine rings is 1. The Balaban J connectivity index is 1.60. The summed E-state index contributed by atoms with van der Waals surface area (Å²) in [4.78, 5) is 28.8. The molecule has 7 nitrogen and oxygen atoms in total. The summed E-state index contributed by atoms with van der Waals surface area (Å²) in [7, 11) is 0. The number of hydrogen-bond donors (Lipinski definition) is 0. The Morgan fingerprint density at radius 1 is 1.09 bits per heavy atom. The molecule has 1 aromatic heterocycles. The summed E-state index contributed by atoms with van der Waals surface area (Å²) in [6.07, 6.45) is 3.17. The van der Waals surface area contributed by atoms with Crippen molar-refractivity contribution in [2.75, 3.05) is 44.2 Å². The van der Waals surface area contributed by atoms with Gasteiger partial charge in [-0.1, -0.05) is 6.92 Å². The van der Waals surface area contributed by atoms with E-state index in [1.165, 1.54) is 12.8 Å². The van der Waals surface area contributed by atoms with Gasteiger partial charge in [-0.15, -0.1) is 10.2 Å². The van der Waals surface area contributed by atoms with Crippen molar-refractivity contribution in [2.24, 2.45) is 5.92 Å². The quantitative estimate of drug-likeness (QED) is 0.765. The molecule has 2 saturated heterocycles. The number of amides is 2. The van der Waals surface area contributed by atoms with Gasteiger partial charge in [0.2, 0.25) is 6.41 Å². The number of aromatic nitrogens is 2. The number of hydrogen-bond acceptors (Lipinski definition) is 5. The molecule has 0 aliphatic carbocycles. The standard InChI is InChI=1S/C16H23N5O2/c1-13-4-6-20(7-5-13)15-3-2-14(17-18-15)16(23)21-10-8-19(12-22)9-11-21/h2-3,12-13H,4-11H2,1H3. The molecule has 0 radical (unpaired) electrons. The van der Waals surface area contributed by atoms with Gasteiger partial charge in [0.05, 0.1) is 0 Å². The summed E-state index contributed by atoms with van der Waals surface area (Å²) in [6.45, 7) is 6.51. The molecule has 0 aromatic carbocycles. The Labute approximate surface area is 136 Å². The van der Waals surface area contributed by atoms with E-state index in [2.05, 4.69) is 22.0 Å². The molecule has 0 spiro atoms. The second kappa shape index (κ2) is 6.93. The highest BCUT2D eigenvalue weighted by atomic mass is 16.2. The topological polar surface area (TPSA) is 69.6 Å². The van der Waals surface area contributed by atoms with Gasteiger partial charge in [0.1, 0.15) is 0 Å². The van der Waals surface area contributed by atoms with Crippen molar-refractivity contribution >= 4 is 18.1 Å². The Morgan fingerprint density at radius 2 is 1.78 bits per heavy atom. The van der Waals surface area contributed by atoms with Crippen molar-refractivity contribution in [3.8, 4) is 0 Å². The van der Waals surface area contributed by atoms with Gasteiger partial charge in [-0.3, -0.25) is 9.59 Å². The zero-order chi connectivity index (χ0) is 16.2. The fraction of sp³-hybridized carbons (Fsp3) is 0.625. The van der Waals surface area contributed by atoms with Crippen molar-refractivity contribution in [1.82, 2.24) is 20.0 Å². The van der Waals surface area contributed by atoms with Crippen molar-refractivity contribution < 1.29 is 9.59 Å². The third-order valence-corrected chi connectivity index (χ3v) is 4.73. The minimum Gasteiger partial charge on any atom is -0.355 e. The second-order valence-corrected chi connectivity index (χ2v) is 6.38. The van der Waals surface area contributed by atoms with E-state index in [-0.39, 0.29) is 5.91 Å². The van der Waals surface area contributed by atoms with Crippen LogP contribution in [0.3, 0.4) is 0 Å². The molecule has 124 valence electrons. The predicted octanol–water partition coefficient (Wildman–Crippen LogP) is 0.627. The lowest BCUT2D eigenvalue weighted by molar-refractivity contribution is -0.119. The maximum Gasteiger partial charge on any atom is 0.274 e. The lowest BCUT2D eigenvalue weighted by atomic mass is 9.99. The molecule has 3 heterocycles. The number of rotatable bonds is 3. The summed E-state index contributed by atoms with van der Waals surface area (Å²) in [5.74, 6) is 1.51. The van der Waals surface area contributed by atoms with Crippen LogP contribution in [0.2, 0.25) is 0 Å². The maximum atomic E-state index is 12.4. The van der Waals surface area contributed by atoms with Gasteiger partial charge in [0, 0.05) is 39.3 Å². The van der Waals surface area contributed by atoms with Crippen molar-refractivity contribution in [3.05, 3.63) is 17.8 Å². The molecule has 0 saturated carbocycles. The minimum atomic E-state index is -0.109. The minimum absolute atomic E-state index is 0.109. The summed E-state index contributed by atoms with van der Waals surface area (Å²) in [5.41, 5.74) is 0.374. The first kappa shape index (κ1) is 15.7. The molecule has 0 bridgehead atoms. The van der Waals surface area contributed by atoms with Crippen LogP contribution >= 0.6 is 0 Å². The van der Waals surface area contributed by atoms with Crippen LogP contribution in [-0.2, 0) is 4.79 Å². The normalized spacial score (nSPS) is 19.8. The molecule has 0 atom stereocenters. The van der Waals surface area contributed by atoms with Crippen LogP contribution in [0.15, 0.2) is 12.1 Å². The monoisotopic (exact) mass is 317 g/mol. The lowest BCUT2D eigenvalue weighted by Crippen LogP contribution is -2.48. The van der Waals surface area contributed by atoms with Crippen LogP contribution in [0, 0.1) is 5.92 Å². The van der Waals surface area contributed by atoms with E-state index in [0.717, 1.165) is 31.2 Å². The summed E-state index contributed by atoms with van der Waals surface area (Å²) < 4.78 is 0. The molecule has 1 aromatic rings. The third kappa shape index (κ3) is 3.60. The van der Waals surface area contributed by atoms with Crippen LogP contribution in [0.4, 0.5) is 5.82 Å². The molecule has 2 fully saturated rings. The number of carbonyl (C=O) groups is 2. The third-order valence-electron chi connectivity index (χ3n) is 4.73. The van der Waals surface area contributed by atoms with E-state index >= 15 is 0 Å². The van der Waals surface area contributed by atoms with Gasteiger partial charge < -0.3 is 14.7 Å². The second-order valence-electron chi connectivity index (χ2n) is 6.38.